The Morgan fingerprint density at radius 3 is 2.70 bits per heavy atom. The summed E-state index contributed by atoms with van der Waals surface area (Å²) in [6.07, 6.45) is 8.31. The van der Waals surface area contributed by atoms with Gasteiger partial charge in [0, 0.05) is 6.54 Å². The summed E-state index contributed by atoms with van der Waals surface area (Å²) < 4.78 is 7.00. The molecule has 1 aromatic heterocycles. The average molecular weight is 279 g/mol. The van der Waals surface area contributed by atoms with Crippen molar-refractivity contribution in [2.24, 2.45) is 5.92 Å². The Morgan fingerprint density at radius 1 is 1.30 bits per heavy atom. The molecule has 112 valence electrons. The molecule has 1 fully saturated rings. The van der Waals surface area contributed by atoms with Gasteiger partial charge in [-0.2, -0.15) is 0 Å². The molecule has 0 saturated heterocycles. The van der Waals surface area contributed by atoms with E-state index in [2.05, 4.69) is 17.2 Å². The van der Waals surface area contributed by atoms with E-state index < -0.39 is 0 Å². The highest BCUT2D eigenvalue weighted by molar-refractivity contribution is 5.88. The Kier molecular flexibility index (Phi) is 5.56. The first-order chi connectivity index (χ1) is 9.76. The van der Waals surface area contributed by atoms with E-state index in [0.29, 0.717) is 18.2 Å². The van der Waals surface area contributed by atoms with Crippen LogP contribution in [0.1, 0.15) is 68.6 Å². The molecule has 1 aliphatic rings. The van der Waals surface area contributed by atoms with Crippen molar-refractivity contribution in [1.82, 2.24) is 15.0 Å². The zero-order valence-corrected chi connectivity index (χ0v) is 12.6. The van der Waals surface area contributed by atoms with Gasteiger partial charge in [0.2, 0.25) is 0 Å². The van der Waals surface area contributed by atoms with Crippen LogP contribution >= 0.6 is 0 Å². The molecule has 20 heavy (non-hydrogen) atoms. The van der Waals surface area contributed by atoms with Crippen LogP contribution in [0.25, 0.3) is 0 Å². The lowest BCUT2D eigenvalue weighted by Gasteiger charge is -2.21. The fraction of sp³-hybridized carbons (Fsp3) is 0.800. The second kappa shape index (κ2) is 7.41. The van der Waals surface area contributed by atoms with Gasteiger partial charge < -0.3 is 4.74 Å². The SMILES string of the molecule is CCCc1c(C(=O)OCC)nnn1CC1CCCCC1. The van der Waals surface area contributed by atoms with Crippen LogP contribution in [-0.4, -0.2) is 27.6 Å². The topological polar surface area (TPSA) is 57.0 Å². The smallest absolute Gasteiger partial charge is 0.360 e. The lowest BCUT2D eigenvalue weighted by Crippen LogP contribution is -2.18. The number of hydrogen-bond acceptors (Lipinski definition) is 4. The molecular weight excluding hydrogens is 254 g/mol. The van der Waals surface area contributed by atoms with E-state index in [0.717, 1.165) is 25.1 Å². The minimum Gasteiger partial charge on any atom is -0.461 e. The molecule has 5 nitrogen and oxygen atoms in total. The largest absolute Gasteiger partial charge is 0.461 e. The van der Waals surface area contributed by atoms with E-state index in [4.69, 9.17) is 4.74 Å². The van der Waals surface area contributed by atoms with Crippen molar-refractivity contribution < 1.29 is 9.53 Å². The average Bonchev–Trinajstić information content (AvgIpc) is 2.84. The molecule has 1 aliphatic carbocycles. The van der Waals surface area contributed by atoms with Crippen LogP contribution < -0.4 is 0 Å². The second-order valence-electron chi connectivity index (χ2n) is 5.54. The Hall–Kier alpha value is -1.39. The van der Waals surface area contributed by atoms with Gasteiger partial charge in [0.05, 0.1) is 12.3 Å². The van der Waals surface area contributed by atoms with Crippen LogP contribution in [0.5, 0.6) is 0 Å². The summed E-state index contributed by atoms with van der Waals surface area (Å²) in [6, 6.07) is 0. The fourth-order valence-corrected chi connectivity index (χ4v) is 2.94. The van der Waals surface area contributed by atoms with Crippen molar-refractivity contribution in [3.8, 4) is 0 Å². The number of carbonyl (C=O) groups is 1. The molecule has 2 rings (SSSR count). The van der Waals surface area contributed by atoms with Gasteiger partial charge in [0.15, 0.2) is 5.69 Å². The Bertz CT molecular complexity index is 436. The zero-order valence-electron chi connectivity index (χ0n) is 12.6. The molecule has 0 unspecified atom stereocenters. The van der Waals surface area contributed by atoms with E-state index in [-0.39, 0.29) is 5.97 Å². The standard InChI is InChI=1S/C15H25N3O2/c1-3-8-13-14(15(19)20-4-2)16-17-18(13)11-12-9-6-5-7-10-12/h12H,3-11H2,1-2H3. The third-order valence-electron chi connectivity index (χ3n) is 3.95. The molecule has 5 heteroatoms. The maximum Gasteiger partial charge on any atom is 0.360 e. The number of nitrogens with zero attached hydrogens (tertiary/aromatic N) is 3. The van der Waals surface area contributed by atoms with Gasteiger partial charge in [-0.05, 0) is 32.1 Å². The summed E-state index contributed by atoms with van der Waals surface area (Å²) in [5.41, 5.74) is 1.35. The Balaban J connectivity index is 2.12. The van der Waals surface area contributed by atoms with Gasteiger partial charge in [0.25, 0.3) is 0 Å². The highest BCUT2D eigenvalue weighted by Gasteiger charge is 2.22. The Morgan fingerprint density at radius 2 is 2.05 bits per heavy atom. The predicted molar refractivity (Wildman–Crippen MR) is 76.5 cm³/mol. The summed E-state index contributed by atoms with van der Waals surface area (Å²) in [5.74, 6) is 0.335. The monoisotopic (exact) mass is 279 g/mol. The summed E-state index contributed by atoms with van der Waals surface area (Å²) in [5, 5.41) is 8.26. The normalized spacial score (nSPS) is 16.3. The fourth-order valence-electron chi connectivity index (χ4n) is 2.94. The number of hydrogen-bond donors (Lipinski definition) is 0. The van der Waals surface area contributed by atoms with Crippen molar-refractivity contribution in [2.75, 3.05) is 6.61 Å². The number of esters is 1. The molecular formula is C15H25N3O2. The quantitative estimate of drug-likeness (QED) is 0.751. The van der Waals surface area contributed by atoms with Gasteiger partial charge in [-0.1, -0.05) is 37.8 Å². The zero-order chi connectivity index (χ0) is 14.4. The molecule has 1 saturated carbocycles. The first kappa shape index (κ1) is 15.0. The maximum atomic E-state index is 11.9. The molecule has 0 bridgehead atoms. The lowest BCUT2D eigenvalue weighted by atomic mass is 9.89. The van der Waals surface area contributed by atoms with Crippen LogP contribution in [0.4, 0.5) is 0 Å². The summed E-state index contributed by atoms with van der Waals surface area (Å²) in [6.45, 7) is 5.18. The molecule has 0 spiro atoms. The number of rotatable bonds is 6. The van der Waals surface area contributed by atoms with Gasteiger partial charge >= 0.3 is 5.97 Å². The summed E-state index contributed by atoms with van der Waals surface area (Å²) in [7, 11) is 0. The summed E-state index contributed by atoms with van der Waals surface area (Å²) in [4.78, 5) is 11.9. The first-order valence-electron chi connectivity index (χ1n) is 7.85. The molecule has 1 heterocycles. The van der Waals surface area contributed by atoms with Crippen molar-refractivity contribution in [1.29, 1.82) is 0 Å². The first-order valence-corrected chi connectivity index (χ1v) is 7.85. The van der Waals surface area contributed by atoms with Gasteiger partial charge in [-0.3, -0.25) is 0 Å². The molecule has 0 N–H and O–H groups in total. The van der Waals surface area contributed by atoms with E-state index in [1.165, 1.54) is 32.1 Å². The van der Waals surface area contributed by atoms with Crippen LogP contribution in [0.15, 0.2) is 0 Å². The van der Waals surface area contributed by atoms with E-state index in [1.54, 1.807) is 0 Å². The van der Waals surface area contributed by atoms with E-state index >= 15 is 0 Å². The van der Waals surface area contributed by atoms with Crippen LogP contribution in [0, 0.1) is 5.92 Å². The predicted octanol–water partition coefficient (Wildman–Crippen LogP) is 2.99. The van der Waals surface area contributed by atoms with Crippen LogP contribution in [0.3, 0.4) is 0 Å². The van der Waals surface area contributed by atoms with Crippen molar-refractivity contribution in [3.05, 3.63) is 11.4 Å². The minimum absolute atomic E-state index is 0.342. The van der Waals surface area contributed by atoms with Crippen LogP contribution in [0.2, 0.25) is 0 Å². The third-order valence-corrected chi connectivity index (χ3v) is 3.95. The molecule has 0 aromatic carbocycles. The van der Waals surface area contributed by atoms with Crippen LogP contribution in [-0.2, 0) is 17.7 Å². The number of ether oxygens (including phenoxy) is 1. The summed E-state index contributed by atoms with van der Waals surface area (Å²) >= 11 is 0. The minimum atomic E-state index is -0.342. The lowest BCUT2D eigenvalue weighted by molar-refractivity contribution is 0.0518. The molecule has 1 aromatic rings. The van der Waals surface area contributed by atoms with E-state index in [9.17, 15) is 4.79 Å². The van der Waals surface area contributed by atoms with Gasteiger partial charge in [0.1, 0.15) is 0 Å². The van der Waals surface area contributed by atoms with Crippen molar-refractivity contribution in [2.45, 2.75) is 65.3 Å². The van der Waals surface area contributed by atoms with Crippen molar-refractivity contribution >= 4 is 5.97 Å². The molecule has 0 aliphatic heterocycles. The second-order valence-corrected chi connectivity index (χ2v) is 5.54. The Labute approximate surface area is 120 Å². The van der Waals surface area contributed by atoms with Gasteiger partial charge in [-0.25, -0.2) is 9.48 Å². The van der Waals surface area contributed by atoms with Gasteiger partial charge in [-0.15, -0.1) is 5.10 Å². The van der Waals surface area contributed by atoms with Crippen molar-refractivity contribution in [3.63, 3.8) is 0 Å². The maximum absolute atomic E-state index is 11.9. The van der Waals surface area contributed by atoms with E-state index in [1.807, 2.05) is 11.6 Å². The highest BCUT2D eigenvalue weighted by Crippen LogP contribution is 2.25. The number of aromatic nitrogens is 3. The molecule has 0 atom stereocenters. The third kappa shape index (κ3) is 3.58. The molecule has 0 amide bonds. The highest BCUT2D eigenvalue weighted by atomic mass is 16.5. The molecule has 0 radical (unpaired) electrons. The number of carbonyl (C=O) groups excluding carboxylic acids is 1.